The average molecular weight is 489 g/mol. The Bertz CT molecular complexity index is 1470. The zero-order valence-electron chi connectivity index (χ0n) is 20.9. The lowest BCUT2D eigenvalue weighted by Gasteiger charge is -2.19. The molecule has 0 saturated carbocycles. The summed E-state index contributed by atoms with van der Waals surface area (Å²) in [7, 11) is 3.26. The summed E-state index contributed by atoms with van der Waals surface area (Å²) in [6.45, 7) is 0.639. The van der Waals surface area contributed by atoms with E-state index in [0.29, 0.717) is 18.0 Å². The molecule has 6 nitrogen and oxygen atoms in total. The van der Waals surface area contributed by atoms with E-state index < -0.39 is 0 Å². The first-order valence-corrected chi connectivity index (χ1v) is 12.0. The average Bonchev–Trinajstić information content (AvgIpc) is 3.40. The second-order valence-electron chi connectivity index (χ2n) is 8.41. The molecule has 5 aromatic rings. The highest BCUT2D eigenvalue weighted by Gasteiger charge is 2.15. The Kier molecular flexibility index (Phi) is 7.27. The van der Waals surface area contributed by atoms with Crippen LogP contribution in [0, 0.1) is 0 Å². The van der Waals surface area contributed by atoms with Gasteiger partial charge in [0, 0.05) is 17.3 Å². The van der Waals surface area contributed by atoms with Crippen LogP contribution in [0.3, 0.4) is 0 Å². The number of hydrogen-bond acceptors (Lipinski definition) is 5. The van der Waals surface area contributed by atoms with E-state index in [1.54, 1.807) is 14.2 Å². The summed E-state index contributed by atoms with van der Waals surface area (Å²) in [6.07, 6.45) is 3.87. The Morgan fingerprint density at radius 3 is 2.11 bits per heavy atom. The maximum Gasteiger partial charge on any atom is 0.161 e. The molecule has 0 radical (unpaired) electrons. The number of ether oxygens (including phenoxy) is 2. The van der Waals surface area contributed by atoms with Gasteiger partial charge < -0.3 is 9.47 Å². The maximum atomic E-state index is 5.55. The van der Waals surface area contributed by atoms with Crippen molar-refractivity contribution in [2.75, 3.05) is 19.2 Å². The molecule has 0 atom stereocenters. The van der Waals surface area contributed by atoms with Crippen molar-refractivity contribution in [2.45, 2.75) is 6.54 Å². The van der Waals surface area contributed by atoms with E-state index in [2.05, 4.69) is 24.3 Å². The molecule has 0 spiro atoms. The molecule has 0 unspecified atom stereocenters. The predicted octanol–water partition coefficient (Wildman–Crippen LogP) is 6.60. The molecule has 4 aromatic carbocycles. The molecule has 0 aliphatic carbocycles. The van der Waals surface area contributed by atoms with Gasteiger partial charge in [0.2, 0.25) is 0 Å². The molecule has 184 valence electrons. The molecule has 0 amide bonds. The van der Waals surface area contributed by atoms with Crippen molar-refractivity contribution in [3.63, 3.8) is 0 Å². The summed E-state index contributed by atoms with van der Waals surface area (Å²) >= 11 is 0. The first-order chi connectivity index (χ1) is 18.2. The molecule has 0 N–H and O–H groups in total. The van der Waals surface area contributed by atoms with Crippen LogP contribution in [0.15, 0.2) is 120 Å². The van der Waals surface area contributed by atoms with Gasteiger partial charge in [-0.2, -0.15) is 10.2 Å². The van der Waals surface area contributed by atoms with E-state index in [4.69, 9.17) is 19.7 Å². The number of hydrogen-bond donors (Lipinski definition) is 0. The number of benzene rings is 4. The predicted molar refractivity (Wildman–Crippen MR) is 149 cm³/mol. The second kappa shape index (κ2) is 11.3. The largest absolute Gasteiger partial charge is 0.493 e. The van der Waals surface area contributed by atoms with E-state index in [-0.39, 0.29) is 0 Å². The van der Waals surface area contributed by atoms with Crippen LogP contribution >= 0.6 is 0 Å². The lowest BCUT2D eigenvalue weighted by atomic mass is 10.1. The summed E-state index contributed by atoms with van der Waals surface area (Å²) in [5.74, 6) is 1.31. The fourth-order valence-corrected chi connectivity index (χ4v) is 4.09. The van der Waals surface area contributed by atoms with Crippen molar-refractivity contribution in [3.8, 4) is 28.4 Å². The molecule has 37 heavy (non-hydrogen) atoms. The quantitative estimate of drug-likeness (QED) is 0.173. The first kappa shape index (κ1) is 23.9. The number of methoxy groups -OCH3 is 2. The van der Waals surface area contributed by atoms with Crippen LogP contribution in [-0.4, -0.2) is 30.2 Å². The smallest absolute Gasteiger partial charge is 0.161 e. The van der Waals surface area contributed by atoms with Gasteiger partial charge in [-0.1, -0.05) is 66.7 Å². The third-order valence-electron chi connectivity index (χ3n) is 5.99. The van der Waals surface area contributed by atoms with Crippen LogP contribution in [0.2, 0.25) is 0 Å². The van der Waals surface area contributed by atoms with Crippen molar-refractivity contribution < 1.29 is 9.47 Å². The van der Waals surface area contributed by atoms with Crippen molar-refractivity contribution in [3.05, 3.63) is 127 Å². The fraction of sp³-hybridized carbons (Fsp3) is 0.0968. The van der Waals surface area contributed by atoms with Crippen LogP contribution in [0.25, 0.3) is 16.9 Å². The molecule has 6 heteroatoms. The number of nitrogens with zero attached hydrogens (tertiary/aromatic N) is 4. The van der Waals surface area contributed by atoms with Crippen LogP contribution in [-0.2, 0) is 6.54 Å². The summed E-state index contributed by atoms with van der Waals surface area (Å²) in [4.78, 5) is 0. The van der Waals surface area contributed by atoms with Gasteiger partial charge in [-0.15, -0.1) is 0 Å². The lowest BCUT2D eigenvalue weighted by Crippen LogP contribution is -2.16. The van der Waals surface area contributed by atoms with Crippen LogP contribution in [0.1, 0.15) is 11.1 Å². The molecule has 1 aromatic heterocycles. The van der Waals surface area contributed by atoms with E-state index in [1.807, 2.05) is 107 Å². The maximum absolute atomic E-state index is 5.55. The standard InChI is InChI=1S/C31H28N4O2/c1-36-29-19-18-25(20-30(29)37-2)31-26(23-35(33-31)28-16-10-5-11-17-28)21-32-34(27-14-8-4-9-15-27)22-24-12-6-3-7-13-24/h3-21,23H,22H2,1-2H3/b32-21+. The molecule has 5 rings (SSSR count). The van der Waals surface area contributed by atoms with Crippen molar-refractivity contribution in [2.24, 2.45) is 5.10 Å². The Balaban J connectivity index is 1.57. The van der Waals surface area contributed by atoms with E-state index >= 15 is 0 Å². The summed E-state index contributed by atoms with van der Waals surface area (Å²) in [5.41, 5.74) is 5.72. The van der Waals surface area contributed by atoms with Gasteiger partial charge in [-0.3, -0.25) is 5.01 Å². The SMILES string of the molecule is COc1ccc(-c2nn(-c3ccccc3)cc2/C=N/N(Cc2ccccc2)c2ccccc2)cc1OC. The Morgan fingerprint density at radius 2 is 1.43 bits per heavy atom. The number of hydrazone groups is 1. The highest BCUT2D eigenvalue weighted by molar-refractivity contribution is 5.89. The molecule has 0 bridgehead atoms. The number of rotatable bonds is 9. The topological polar surface area (TPSA) is 51.9 Å². The minimum atomic E-state index is 0.639. The fourth-order valence-electron chi connectivity index (χ4n) is 4.09. The van der Waals surface area contributed by atoms with Gasteiger partial charge in [0.15, 0.2) is 11.5 Å². The van der Waals surface area contributed by atoms with Gasteiger partial charge in [0.1, 0.15) is 5.69 Å². The number of para-hydroxylation sites is 2. The monoisotopic (exact) mass is 488 g/mol. The molecular formula is C31H28N4O2. The lowest BCUT2D eigenvalue weighted by molar-refractivity contribution is 0.355. The minimum absolute atomic E-state index is 0.639. The molecule has 1 heterocycles. The Labute approximate surface area is 217 Å². The minimum Gasteiger partial charge on any atom is -0.493 e. The van der Waals surface area contributed by atoms with Gasteiger partial charge in [-0.25, -0.2) is 4.68 Å². The Hall–Kier alpha value is -4.84. The second-order valence-corrected chi connectivity index (χ2v) is 8.41. The highest BCUT2D eigenvalue weighted by atomic mass is 16.5. The van der Waals surface area contributed by atoms with Crippen LogP contribution < -0.4 is 14.5 Å². The van der Waals surface area contributed by atoms with Gasteiger partial charge in [0.25, 0.3) is 0 Å². The van der Waals surface area contributed by atoms with Crippen molar-refractivity contribution in [1.82, 2.24) is 9.78 Å². The van der Waals surface area contributed by atoms with E-state index in [0.717, 1.165) is 28.2 Å². The van der Waals surface area contributed by atoms with E-state index in [9.17, 15) is 0 Å². The number of aromatic nitrogens is 2. The third kappa shape index (κ3) is 5.54. The third-order valence-corrected chi connectivity index (χ3v) is 5.99. The molecule has 0 aliphatic heterocycles. The summed E-state index contributed by atoms with van der Waals surface area (Å²) in [5, 5.41) is 11.8. The van der Waals surface area contributed by atoms with Gasteiger partial charge in [0.05, 0.1) is 38.4 Å². The highest BCUT2D eigenvalue weighted by Crippen LogP contribution is 2.33. The summed E-state index contributed by atoms with van der Waals surface area (Å²) < 4.78 is 12.9. The normalized spacial score (nSPS) is 11.0. The number of anilines is 1. The molecule has 0 saturated heterocycles. The van der Waals surface area contributed by atoms with Crippen molar-refractivity contribution >= 4 is 11.9 Å². The van der Waals surface area contributed by atoms with Crippen LogP contribution in [0.4, 0.5) is 5.69 Å². The van der Waals surface area contributed by atoms with Gasteiger partial charge in [-0.05, 0) is 48.0 Å². The molecule has 0 aliphatic rings. The zero-order valence-corrected chi connectivity index (χ0v) is 20.9. The first-order valence-electron chi connectivity index (χ1n) is 12.0. The van der Waals surface area contributed by atoms with Crippen molar-refractivity contribution in [1.29, 1.82) is 0 Å². The van der Waals surface area contributed by atoms with Crippen LogP contribution in [0.5, 0.6) is 11.5 Å². The Morgan fingerprint density at radius 1 is 0.784 bits per heavy atom. The van der Waals surface area contributed by atoms with E-state index in [1.165, 1.54) is 5.56 Å². The van der Waals surface area contributed by atoms with Gasteiger partial charge >= 0.3 is 0 Å². The zero-order chi connectivity index (χ0) is 25.5. The summed E-state index contributed by atoms with van der Waals surface area (Å²) in [6, 6.07) is 36.3. The molecule has 0 fully saturated rings. The molecular weight excluding hydrogens is 460 g/mol.